The molecule has 0 spiro atoms. The Morgan fingerprint density at radius 2 is 1.86 bits per heavy atom. The first-order valence-corrected chi connectivity index (χ1v) is 9.07. The van der Waals surface area contributed by atoms with E-state index in [0.29, 0.717) is 4.88 Å². The van der Waals surface area contributed by atoms with Crippen LogP contribution in [0.3, 0.4) is 0 Å². The molecule has 0 radical (unpaired) electrons. The van der Waals surface area contributed by atoms with Gasteiger partial charge >= 0.3 is 5.97 Å². The Bertz CT molecular complexity index is 1130. The second kappa shape index (κ2) is 6.79. The molecule has 0 bridgehead atoms. The molecule has 4 nitrogen and oxygen atoms in total. The van der Waals surface area contributed by atoms with Crippen molar-refractivity contribution < 1.29 is 27.9 Å². The third kappa shape index (κ3) is 3.05. The highest BCUT2D eigenvalue weighted by Crippen LogP contribution is 2.49. The molecule has 1 aliphatic heterocycles. The second-order valence-corrected chi connectivity index (χ2v) is 7.38. The minimum absolute atomic E-state index is 0.0277. The Labute approximate surface area is 161 Å². The van der Waals surface area contributed by atoms with Gasteiger partial charge in [-0.3, -0.25) is 4.79 Å². The molecule has 1 amide bonds. The van der Waals surface area contributed by atoms with Gasteiger partial charge in [-0.25, -0.2) is 18.0 Å². The van der Waals surface area contributed by atoms with Crippen LogP contribution >= 0.6 is 11.3 Å². The van der Waals surface area contributed by atoms with Crippen LogP contribution in [0.5, 0.6) is 0 Å². The molecular formula is C20H12F3NO3S. The summed E-state index contributed by atoms with van der Waals surface area (Å²) in [7, 11) is 0. The third-order valence-electron chi connectivity index (χ3n) is 4.55. The highest BCUT2D eigenvalue weighted by Gasteiger charge is 2.35. The summed E-state index contributed by atoms with van der Waals surface area (Å²) in [6.07, 6.45) is -0.157. The molecule has 0 saturated carbocycles. The lowest BCUT2D eigenvalue weighted by atomic mass is 9.88. The first kappa shape index (κ1) is 18.2. The van der Waals surface area contributed by atoms with Crippen LogP contribution in [0.4, 0.5) is 18.9 Å². The van der Waals surface area contributed by atoms with Crippen molar-refractivity contribution >= 4 is 28.9 Å². The number of amides is 1. The van der Waals surface area contributed by atoms with Crippen LogP contribution in [0.2, 0.25) is 0 Å². The summed E-state index contributed by atoms with van der Waals surface area (Å²) in [4.78, 5) is 24.4. The SMILES string of the molecule is O=C1C[C@H](c2cc(F)ccc2F)c2sc(C(=O)O)c(-c3cccc(F)c3)c2N1. The number of hydrogen-bond donors (Lipinski definition) is 2. The molecule has 1 aromatic heterocycles. The zero-order valence-corrected chi connectivity index (χ0v) is 14.9. The van der Waals surface area contributed by atoms with Crippen LogP contribution in [0.25, 0.3) is 11.1 Å². The molecule has 0 saturated heterocycles. The standard InChI is InChI=1S/C20H12F3NO3S/c21-10-3-1-2-9(6-10)16-17-18(28-19(16)20(26)27)13(8-15(25)24-17)12-7-11(22)4-5-14(12)23/h1-7,13H,8H2,(H,24,25)(H,26,27)/t13-/m1/s1. The molecule has 0 fully saturated rings. The summed E-state index contributed by atoms with van der Waals surface area (Å²) in [5.41, 5.74) is 0.593. The van der Waals surface area contributed by atoms with E-state index in [0.717, 1.165) is 35.6 Å². The van der Waals surface area contributed by atoms with Gasteiger partial charge in [-0.1, -0.05) is 12.1 Å². The van der Waals surface area contributed by atoms with E-state index < -0.39 is 35.2 Å². The minimum atomic E-state index is -1.26. The number of aromatic carboxylic acids is 1. The molecule has 4 rings (SSSR count). The van der Waals surface area contributed by atoms with E-state index in [4.69, 9.17) is 0 Å². The van der Waals surface area contributed by atoms with Crippen molar-refractivity contribution in [3.8, 4) is 11.1 Å². The van der Waals surface area contributed by atoms with Gasteiger partial charge in [0.05, 0.1) is 5.69 Å². The number of benzene rings is 2. The van der Waals surface area contributed by atoms with Crippen molar-refractivity contribution in [3.05, 3.63) is 75.2 Å². The van der Waals surface area contributed by atoms with E-state index in [-0.39, 0.29) is 33.7 Å². The van der Waals surface area contributed by atoms with Crippen LogP contribution in [0, 0.1) is 17.5 Å². The Morgan fingerprint density at radius 3 is 2.57 bits per heavy atom. The average molecular weight is 403 g/mol. The first-order valence-electron chi connectivity index (χ1n) is 8.26. The molecule has 142 valence electrons. The van der Waals surface area contributed by atoms with Gasteiger partial charge in [-0.15, -0.1) is 11.3 Å². The number of carboxylic acid groups (broad SMARTS) is 1. The number of carbonyl (C=O) groups is 2. The van der Waals surface area contributed by atoms with Crippen LogP contribution in [0.1, 0.15) is 32.5 Å². The number of carboxylic acids is 1. The molecule has 0 unspecified atom stereocenters. The van der Waals surface area contributed by atoms with Gasteiger partial charge in [-0.05, 0) is 41.5 Å². The normalized spacial score (nSPS) is 15.8. The molecular weight excluding hydrogens is 391 g/mol. The van der Waals surface area contributed by atoms with Crippen LogP contribution < -0.4 is 5.32 Å². The number of anilines is 1. The van der Waals surface area contributed by atoms with E-state index in [2.05, 4.69) is 5.32 Å². The fourth-order valence-electron chi connectivity index (χ4n) is 3.39. The largest absolute Gasteiger partial charge is 0.477 e. The molecule has 8 heteroatoms. The highest BCUT2D eigenvalue weighted by atomic mass is 32.1. The lowest BCUT2D eigenvalue weighted by molar-refractivity contribution is -0.116. The van der Waals surface area contributed by atoms with E-state index in [1.54, 1.807) is 0 Å². The maximum Gasteiger partial charge on any atom is 0.346 e. The number of rotatable bonds is 3. The fourth-order valence-corrected chi connectivity index (χ4v) is 4.63. The lowest BCUT2D eigenvalue weighted by Gasteiger charge is -2.24. The number of nitrogens with one attached hydrogen (secondary N) is 1. The Balaban J connectivity index is 1.98. The summed E-state index contributed by atoms with van der Waals surface area (Å²) in [6, 6.07) is 8.27. The number of thiophene rings is 1. The fraction of sp³-hybridized carbons (Fsp3) is 0.100. The van der Waals surface area contributed by atoms with Crippen molar-refractivity contribution in [2.45, 2.75) is 12.3 Å². The minimum Gasteiger partial charge on any atom is -0.477 e. The van der Waals surface area contributed by atoms with Gasteiger partial charge in [0.25, 0.3) is 0 Å². The number of fused-ring (bicyclic) bond motifs is 1. The first-order chi connectivity index (χ1) is 13.3. The molecule has 28 heavy (non-hydrogen) atoms. The summed E-state index contributed by atoms with van der Waals surface area (Å²) in [5.74, 6) is -4.48. The monoisotopic (exact) mass is 403 g/mol. The molecule has 1 aliphatic rings. The molecule has 3 aromatic rings. The predicted molar refractivity (Wildman–Crippen MR) is 98.1 cm³/mol. The van der Waals surface area contributed by atoms with E-state index >= 15 is 0 Å². The predicted octanol–water partition coefficient (Wildman–Crippen LogP) is 5.00. The van der Waals surface area contributed by atoms with Gasteiger partial charge in [0, 0.05) is 22.8 Å². The Morgan fingerprint density at radius 1 is 1.11 bits per heavy atom. The van der Waals surface area contributed by atoms with Crippen LogP contribution in [0.15, 0.2) is 42.5 Å². The number of halogens is 3. The quantitative estimate of drug-likeness (QED) is 0.647. The molecule has 2 aromatic carbocycles. The van der Waals surface area contributed by atoms with Gasteiger partial charge in [0.2, 0.25) is 5.91 Å². The van der Waals surface area contributed by atoms with E-state index in [1.807, 2.05) is 0 Å². The van der Waals surface area contributed by atoms with Crippen molar-refractivity contribution in [3.63, 3.8) is 0 Å². The summed E-state index contributed by atoms with van der Waals surface area (Å²) >= 11 is 0.864. The molecule has 1 atom stereocenters. The maximum absolute atomic E-state index is 14.4. The van der Waals surface area contributed by atoms with Crippen LogP contribution in [-0.4, -0.2) is 17.0 Å². The number of hydrogen-bond acceptors (Lipinski definition) is 3. The van der Waals surface area contributed by atoms with Gasteiger partial charge < -0.3 is 10.4 Å². The third-order valence-corrected chi connectivity index (χ3v) is 5.84. The van der Waals surface area contributed by atoms with E-state index in [9.17, 15) is 27.9 Å². The van der Waals surface area contributed by atoms with Gasteiger partial charge in [-0.2, -0.15) is 0 Å². The Kier molecular flexibility index (Phi) is 4.43. The lowest BCUT2D eigenvalue weighted by Crippen LogP contribution is -2.23. The number of carbonyl (C=O) groups excluding carboxylic acids is 1. The zero-order chi connectivity index (χ0) is 20.0. The topological polar surface area (TPSA) is 66.4 Å². The Hall–Kier alpha value is -3.13. The van der Waals surface area contributed by atoms with Crippen LogP contribution in [-0.2, 0) is 4.79 Å². The molecule has 0 aliphatic carbocycles. The summed E-state index contributed by atoms with van der Waals surface area (Å²) < 4.78 is 41.8. The smallest absolute Gasteiger partial charge is 0.346 e. The zero-order valence-electron chi connectivity index (χ0n) is 14.1. The second-order valence-electron chi connectivity index (χ2n) is 6.33. The van der Waals surface area contributed by atoms with Crippen molar-refractivity contribution in [1.29, 1.82) is 0 Å². The summed E-state index contributed by atoms with van der Waals surface area (Å²) in [5, 5.41) is 12.3. The van der Waals surface area contributed by atoms with Crippen molar-refractivity contribution in [2.75, 3.05) is 5.32 Å². The van der Waals surface area contributed by atoms with Crippen molar-refractivity contribution in [1.82, 2.24) is 0 Å². The highest BCUT2D eigenvalue weighted by molar-refractivity contribution is 7.15. The molecule has 2 N–H and O–H groups in total. The average Bonchev–Trinajstić information content (AvgIpc) is 3.02. The summed E-state index contributed by atoms with van der Waals surface area (Å²) in [6.45, 7) is 0. The van der Waals surface area contributed by atoms with Gasteiger partial charge in [0.15, 0.2) is 0 Å². The van der Waals surface area contributed by atoms with E-state index in [1.165, 1.54) is 18.2 Å². The maximum atomic E-state index is 14.4. The van der Waals surface area contributed by atoms with Crippen molar-refractivity contribution in [2.24, 2.45) is 0 Å². The van der Waals surface area contributed by atoms with Gasteiger partial charge in [0.1, 0.15) is 22.3 Å². The molecule has 2 heterocycles.